The van der Waals surface area contributed by atoms with Crippen LogP contribution in [-0.4, -0.2) is 61.5 Å². The Morgan fingerprint density at radius 1 is 1.11 bits per heavy atom. The van der Waals surface area contributed by atoms with Crippen LogP contribution in [0.4, 0.5) is 0 Å². The number of amides is 3. The van der Waals surface area contributed by atoms with Crippen molar-refractivity contribution in [2.75, 3.05) is 0 Å². The number of thioether (sulfide) groups is 1. The zero-order valence-corrected chi connectivity index (χ0v) is 22.3. The summed E-state index contributed by atoms with van der Waals surface area (Å²) in [6.45, 7) is 6.68. The van der Waals surface area contributed by atoms with E-state index in [2.05, 4.69) is 10.6 Å². The fourth-order valence-corrected chi connectivity index (χ4v) is 6.23. The molecule has 2 aromatic rings. The molecule has 0 aromatic heterocycles. The summed E-state index contributed by atoms with van der Waals surface area (Å²) >= 11 is 7.25. The largest absolute Gasteiger partial charge is 0.480 e. The number of hydrogen-bond acceptors (Lipinski definition) is 6. The molecule has 0 aliphatic carbocycles. The second-order valence-corrected chi connectivity index (χ2v) is 12.2. The molecule has 2 aromatic carbocycles. The first-order valence-electron chi connectivity index (χ1n) is 11.7. The maximum atomic E-state index is 13.4. The van der Waals surface area contributed by atoms with Crippen LogP contribution >= 0.6 is 23.4 Å². The molecule has 0 bridgehead atoms. The van der Waals surface area contributed by atoms with Gasteiger partial charge in [0.15, 0.2) is 5.60 Å². The third-order valence-corrected chi connectivity index (χ3v) is 8.20. The van der Waals surface area contributed by atoms with Crippen LogP contribution in [0.15, 0.2) is 54.6 Å². The van der Waals surface area contributed by atoms with Gasteiger partial charge in [-0.1, -0.05) is 41.9 Å². The van der Waals surface area contributed by atoms with E-state index >= 15 is 0 Å². The standard InChI is InChI=1S/C26H28ClN3O6S/c1-25(2,36-16-12-10-15(27)11-13-16)24(35)29-17(14-8-6-5-7-9-14)20(31)28-18-21(32)30-19(23(33)34)26(3,4)37-22(18)30/h5-13,17-19,22H,1-4H3,(H,28,31)(H,29,35)(H,33,34)/t17-,18-,19+,22-/m1/s1. The topological polar surface area (TPSA) is 125 Å². The lowest BCUT2D eigenvalue weighted by Gasteiger charge is -2.44. The highest BCUT2D eigenvalue weighted by atomic mass is 35.5. The summed E-state index contributed by atoms with van der Waals surface area (Å²) in [6, 6.07) is 12.2. The summed E-state index contributed by atoms with van der Waals surface area (Å²) in [6.07, 6.45) is 0. The van der Waals surface area contributed by atoms with Crippen molar-refractivity contribution < 1.29 is 29.0 Å². The van der Waals surface area contributed by atoms with Crippen LogP contribution in [0.5, 0.6) is 5.75 Å². The molecule has 3 N–H and O–H groups in total. The van der Waals surface area contributed by atoms with Crippen LogP contribution in [0, 0.1) is 0 Å². The number of hydrogen-bond donors (Lipinski definition) is 3. The van der Waals surface area contributed by atoms with E-state index in [0.29, 0.717) is 16.3 Å². The lowest BCUT2D eigenvalue weighted by molar-refractivity contribution is -0.161. The zero-order chi connectivity index (χ0) is 27.1. The number of fused-ring (bicyclic) bond motifs is 1. The smallest absolute Gasteiger partial charge is 0.327 e. The van der Waals surface area contributed by atoms with Crippen LogP contribution in [0.2, 0.25) is 5.02 Å². The Labute approximate surface area is 223 Å². The summed E-state index contributed by atoms with van der Waals surface area (Å²) < 4.78 is 5.14. The van der Waals surface area contributed by atoms with Crippen molar-refractivity contribution in [1.29, 1.82) is 0 Å². The fourth-order valence-electron chi connectivity index (χ4n) is 4.48. The van der Waals surface area contributed by atoms with Crippen LogP contribution in [0.1, 0.15) is 39.3 Å². The van der Waals surface area contributed by atoms with E-state index in [1.165, 1.54) is 16.7 Å². The summed E-state index contributed by atoms with van der Waals surface area (Å²) in [5, 5.41) is 15.1. The number of β-lactam (4-membered cyclic amide) rings is 1. The molecule has 2 aliphatic heterocycles. The highest BCUT2D eigenvalue weighted by molar-refractivity contribution is 8.01. The minimum Gasteiger partial charge on any atom is -0.480 e. The first-order chi connectivity index (χ1) is 17.3. The van der Waals surface area contributed by atoms with E-state index in [-0.39, 0.29) is 0 Å². The normalized spacial score (nSPS) is 22.9. The van der Waals surface area contributed by atoms with Gasteiger partial charge in [-0.05, 0) is 57.5 Å². The highest BCUT2D eigenvalue weighted by Gasteiger charge is 2.64. The number of carbonyl (C=O) groups excluding carboxylic acids is 3. The van der Waals surface area contributed by atoms with Gasteiger partial charge < -0.3 is 25.4 Å². The average molecular weight is 546 g/mol. The van der Waals surface area contributed by atoms with Gasteiger partial charge in [-0.2, -0.15) is 0 Å². The quantitative estimate of drug-likeness (QED) is 0.435. The zero-order valence-electron chi connectivity index (χ0n) is 20.7. The molecule has 37 heavy (non-hydrogen) atoms. The molecule has 2 saturated heterocycles. The number of benzene rings is 2. The summed E-state index contributed by atoms with van der Waals surface area (Å²) in [5.41, 5.74) is -0.827. The third kappa shape index (κ3) is 5.26. The lowest BCUT2D eigenvalue weighted by Crippen LogP contribution is -2.71. The number of ether oxygens (including phenoxy) is 1. The summed E-state index contributed by atoms with van der Waals surface area (Å²) in [4.78, 5) is 52.6. The Morgan fingerprint density at radius 3 is 2.32 bits per heavy atom. The minimum absolute atomic E-state index is 0.430. The molecule has 0 unspecified atom stereocenters. The van der Waals surface area contributed by atoms with E-state index in [9.17, 15) is 24.3 Å². The molecule has 2 fully saturated rings. The molecular formula is C26H28ClN3O6S. The Morgan fingerprint density at radius 2 is 1.73 bits per heavy atom. The molecular weight excluding hydrogens is 518 g/mol. The third-order valence-electron chi connectivity index (χ3n) is 6.38. The van der Waals surface area contributed by atoms with Crippen molar-refractivity contribution in [2.45, 2.75) is 61.5 Å². The maximum absolute atomic E-state index is 13.4. The monoisotopic (exact) mass is 545 g/mol. The van der Waals surface area contributed by atoms with Gasteiger partial charge in [0.2, 0.25) is 11.8 Å². The molecule has 2 heterocycles. The molecule has 4 rings (SSSR count). The first-order valence-corrected chi connectivity index (χ1v) is 12.9. The Balaban J connectivity index is 1.51. The number of carboxylic acids is 1. The van der Waals surface area contributed by atoms with Gasteiger partial charge in [-0.3, -0.25) is 14.4 Å². The van der Waals surface area contributed by atoms with Crippen molar-refractivity contribution in [3.63, 3.8) is 0 Å². The summed E-state index contributed by atoms with van der Waals surface area (Å²) in [5.74, 6) is -2.25. The van der Waals surface area contributed by atoms with Crippen LogP contribution in [-0.2, 0) is 19.2 Å². The van der Waals surface area contributed by atoms with Crippen molar-refractivity contribution in [3.05, 3.63) is 65.2 Å². The predicted octanol–water partition coefficient (Wildman–Crippen LogP) is 2.99. The molecule has 196 valence electrons. The number of carboxylic acid groups (broad SMARTS) is 1. The van der Waals surface area contributed by atoms with Gasteiger partial charge in [0.05, 0.1) is 0 Å². The van der Waals surface area contributed by atoms with Crippen molar-refractivity contribution in [2.24, 2.45) is 0 Å². The lowest BCUT2D eigenvalue weighted by atomic mass is 9.95. The number of carbonyl (C=O) groups is 4. The second-order valence-electron chi connectivity index (χ2n) is 9.97. The van der Waals surface area contributed by atoms with Gasteiger partial charge in [0.25, 0.3) is 5.91 Å². The Hall–Kier alpha value is -3.24. The van der Waals surface area contributed by atoms with Gasteiger partial charge in [-0.25, -0.2) is 4.79 Å². The highest BCUT2D eigenvalue weighted by Crippen LogP contribution is 2.50. The maximum Gasteiger partial charge on any atom is 0.327 e. The minimum atomic E-state index is -1.34. The van der Waals surface area contributed by atoms with Crippen molar-refractivity contribution in [1.82, 2.24) is 15.5 Å². The molecule has 0 radical (unpaired) electrons. The Kier molecular flexibility index (Phi) is 7.18. The Bertz CT molecular complexity index is 1220. The fraction of sp³-hybridized carbons (Fsp3) is 0.385. The molecule has 9 nitrogen and oxygen atoms in total. The van der Waals surface area contributed by atoms with Gasteiger partial charge >= 0.3 is 5.97 Å². The molecule has 0 saturated carbocycles. The molecule has 11 heteroatoms. The summed E-state index contributed by atoms with van der Waals surface area (Å²) in [7, 11) is 0. The molecule has 2 aliphatic rings. The van der Waals surface area contributed by atoms with Gasteiger partial charge in [-0.15, -0.1) is 11.8 Å². The van der Waals surface area contributed by atoms with E-state index < -0.39 is 57.5 Å². The average Bonchev–Trinajstić information content (AvgIpc) is 3.10. The van der Waals surface area contributed by atoms with Crippen molar-refractivity contribution in [3.8, 4) is 5.75 Å². The van der Waals surface area contributed by atoms with Crippen molar-refractivity contribution >= 4 is 47.1 Å². The first kappa shape index (κ1) is 26.8. The van der Waals surface area contributed by atoms with Gasteiger partial charge in [0, 0.05) is 9.77 Å². The number of nitrogens with zero attached hydrogens (tertiary/aromatic N) is 1. The van der Waals surface area contributed by atoms with E-state index in [0.717, 1.165) is 0 Å². The number of halogens is 1. The second kappa shape index (κ2) is 9.90. The van der Waals surface area contributed by atoms with Crippen LogP contribution < -0.4 is 15.4 Å². The van der Waals surface area contributed by atoms with E-state index in [4.69, 9.17) is 16.3 Å². The molecule has 0 spiro atoms. The molecule has 3 amide bonds. The van der Waals surface area contributed by atoms with Gasteiger partial charge in [0.1, 0.15) is 29.2 Å². The SMILES string of the molecule is CC(C)(Oc1ccc(Cl)cc1)C(=O)N[C@@H](C(=O)N[C@@H]1C(=O)N2[C@@H]1SC(C)(C)[C@@H]2C(=O)O)c1ccccc1. The number of aliphatic carboxylic acids is 1. The number of rotatable bonds is 8. The predicted molar refractivity (Wildman–Crippen MR) is 139 cm³/mol. The molecule has 4 atom stereocenters. The van der Waals surface area contributed by atoms with E-state index in [1.807, 2.05) is 0 Å². The number of nitrogens with one attached hydrogen (secondary N) is 2. The van der Waals surface area contributed by atoms with E-state index in [1.54, 1.807) is 82.3 Å². The van der Waals surface area contributed by atoms with Crippen LogP contribution in [0.25, 0.3) is 0 Å². The van der Waals surface area contributed by atoms with Crippen LogP contribution in [0.3, 0.4) is 0 Å².